The highest BCUT2D eigenvalue weighted by molar-refractivity contribution is 5.56. The number of aromatic nitrogens is 4. The molecule has 0 saturated carbocycles. The van der Waals surface area contributed by atoms with E-state index in [9.17, 15) is 0 Å². The molecule has 3 aromatic rings. The number of ether oxygens (including phenoxy) is 2. The van der Waals surface area contributed by atoms with Gasteiger partial charge in [0.15, 0.2) is 5.65 Å². The Bertz CT molecular complexity index is 1030. The van der Waals surface area contributed by atoms with Crippen LogP contribution in [0.4, 0.5) is 11.9 Å². The Morgan fingerprint density at radius 1 is 1.16 bits per heavy atom. The highest BCUT2D eigenvalue weighted by Crippen LogP contribution is 2.25. The Hall–Kier alpha value is -2.91. The van der Waals surface area contributed by atoms with E-state index in [2.05, 4.69) is 47.5 Å². The second-order valence-electron chi connectivity index (χ2n) is 8.38. The average molecular weight is 440 g/mol. The molecule has 2 N–H and O–H groups in total. The molecule has 1 aromatic carbocycles. The Morgan fingerprint density at radius 2 is 1.97 bits per heavy atom. The van der Waals surface area contributed by atoms with Crippen LogP contribution in [0.5, 0.6) is 5.75 Å². The number of morpholine rings is 1. The monoisotopic (exact) mass is 439 g/mol. The Balaban J connectivity index is 1.56. The van der Waals surface area contributed by atoms with Crippen LogP contribution in [-0.4, -0.2) is 71.0 Å². The first-order valence-corrected chi connectivity index (χ1v) is 11.2. The van der Waals surface area contributed by atoms with Crippen LogP contribution in [0.15, 0.2) is 30.5 Å². The molecule has 32 heavy (non-hydrogen) atoms. The lowest BCUT2D eigenvalue weighted by Crippen LogP contribution is -2.39. The first kappa shape index (κ1) is 22.3. The first-order valence-electron chi connectivity index (χ1n) is 11.2. The summed E-state index contributed by atoms with van der Waals surface area (Å²) < 4.78 is 12.6. The van der Waals surface area contributed by atoms with Crippen molar-refractivity contribution in [2.75, 3.05) is 57.1 Å². The minimum atomic E-state index is 0.0103. The number of rotatable bonds is 9. The molecule has 3 heterocycles. The third-order valence-corrected chi connectivity index (χ3v) is 5.77. The van der Waals surface area contributed by atoms with Gasteiger partial charge in [-0.25, -0.2) is 0 Å². The van der Waals surface area contributed by atoms with Crippen LogP contribution in [0.1, 0.15) is 43.9 Å². The van der Waals surface area contributed by atoms with Crippen molar-refractivity contribution in [2.45, 2.75) is 32.7 Å². The van der Waals surface area contributed by atoms with Gasteiger partial charge in [-0.2, -0.15) is 19.6 Å². The molecule has 0 bridgehead atoms. The van der Waals surface area contributed by atoms with Gasteiger partial charge < -0.3 is 20.1 Å². The van der Waals surface area contributed by atoms with Gasteiger partial charge in [0.05, 0.1) is 32.6 Å². The predicted octanol–water partition coefficient (Wildman–Crippen LogP) is 3.17. The Morgan fingerprint density at radius 3 is 2.72 bits per heavy atom. The first-order chi connectivity index (χ1) is 15.5. The maximum atomic E-state index is 5.43. The second-order valence-corrected chi connectivity index (χ2v) is 8.38. The summed E-state index contributed by atoms with van der Waals surface area (Å²) in [6.07, 6.45) is 1.88. The van der Waals surface area contributed by atoms with Crippen LogP contribution < -0.4 is 15.4 Å². The summed E-state index contributed by atoms with van der Waals surface area (Å²) in [4.78, 5) is 11.9. The van der Waals surface area contributed by atoms with E-state index in [-0.39, 0.29) is 6.04 Å². The number of nitrogens with one attached hydrogen (secondary N) is 2. The molecule has 0 radical (unpaired) electrons. The van der Waals surface area contributed by atoms with Crippen molar-refractivity contribution in [2.24, 2.45) is 0 Å². The molecular weight excluding hydrogens is 406 g/mol. The van der Waals surface area contributed by atoms with Crippen LogP contribution in [-0.2, 0) is 4.74 Å². The van der Waals surface area contributed by atoms with Crippen molar-refractivity contribution in [3.8, 4) is 5.75 Å². The van der Waals surface area contributed by atoms with Crippen LogP contribution in [0.25, 0.3) is 5.65 Å². The number of benzene rings is 1. The molecule has 0 amide bonds. The normalized spacial score (nSPS) is 15.8. The van der Waals surface area contributed by atoms with Gasteiger partial charge in [-0.15, -0.1) is 0 Å². The molecule has 0 aliphatic carbocycles. The molecule has 9 heteroatoms. The lowest BCUT2D eigenvalue weighted by Gasteiger charge is -2.26. The van der Waals surface area contributed by atoms with Crippen molar-refractivity contribution in [3.05, 3.63) is 41.6 Å². The molecule has 4 rings (SSSR count). The van der Waals surface area contributed by atoms with Crippen molar-refractivity contribution in [1.29, 1.82) is 0 Å². The fraction of sp³-hybridized carbons (Fsp3) is 0.522. The van der Waals surface area contributed by atoms with Crippen LogP contribution in [0, 0.1) is 0 Å². The van der Waals surface area contributed by atoms with E-state index in [0.717, 1.165) is 61.9 Å². The molecule has 9 nitrogen and oxygen atoms in total. The van der Waals surface area contributed by atoms with Crippen LogP contribution >= 0.6 is 0 Å². The quantitative estimate of drug-likeness (QED) is 0.526. The van der Waals surface area contributed by atoms with Crippen molar-refractivity contribution in [1.82, 2.24) is 24.5 Å². The van der Waals surface area contributed by atoms with E-state index in [0.29, 0.717) is 17.8 Å². The summed E-state index contributed by atoms with van der Waals surface area (Å²) >= 11 is 0. The Kier molecular flexibility index (Phi) is 7.06. The fourth-order valence-corrected chi connectivity index (χ4v) is 3.81. The zero-order valence-corrected chi connectivity index (χ0v) is 19.3. The van der Waals surface area contributed by atoms with Gasteiger partial charge in [-0.3, -0.25) is 4.90 Å². The van der Waals surface area contributed by atoms with Gasteiger partial charge in [0.25, 0.3) is 0 Å². The molecule has 1 aliphatic rings. The lowest BCUT2D eigenvalue weighted by molar-refractivity contribution is 0.0398. The SMILES string of the molecule is COc1cccc([C@H](C)Nc2nc(NCCN3CCOCC3)nc3c(C(C)C)cnn23)c1. The number of hydrogen-bond donors (Lipinski definition) is 2. The van der Waals surface area contributed by atoms with Crippen LogP contribution in [0.3, 0.4) is 0 Å². The van der Waals surface area contributed by atoms with Crippen molar-refractivity contribution < 1.29 is 9.47 Å². The van der Waals surface area contributed by atoms with Crippen molar-refractivity contribution in [3.63, 3.8) is 0 Å². The molecule has 1 atom stereocenters. The molecule has 0 unspecified atom stereocenters. The van der Waals surface area contributed by atoms with Gasteiger partial charge >= 0.3 is 0 Å². The van der Waals surface area contributed by atoms with E-state index >= 15 is 0 Å². The third-order valence-electron chi connectivity index (χ3n) is 5.77. The van der Waals surface area contributed by atoms with E-state index in [1.54, 1.807) is 11.6 Å². The highest BCUT2D eigenvalue weighted by Gasteiger charge is 2.17. The lowest BCUT2D eigenvalue weighted by atomic mass is 10.1. The number of anilines is 2. The maximum Gasteiger partial charge on any atom is 0.229 e. The molecule has 1 aliphatic heterocycles. The van der Waals surface area contributed by atoms with Gasteiger partial charge in [0.1, 0.15) is 5.75 Å². The van der Waals surface area contributed by atoms with Gasteiger partial charge in [-0.05, 0) is 30.5 Å². The zero-order chi connectivity index (χ0) is 22.5. The van der Waals surface area contributed by atoms with Gasteiger partial charge in [0.2, 0.25) is 11.9 Å². The largest absolute Gasteiger partial charge is 0.497 e. The minimum Gasteiger partial charge on any atom is -0.497 e. The number of nitrogens with zero attached hydrogens (tertiary/aromatic N) is 5. The smallest absolute Gasteiger partial charge is 0.229 e. The molecule has 2 aromatic heterocycles. The van der Waals surface area contributed by atoms with Gasteiger partial charge in [-0.1, -0.05) is 26.0 Å². The molecular formula is C23H33N7O2. The van der Waals surface area contributed by atoms with E-state index < -0.39 is 0 Å². The number of hydrogen-bond acceptors (Lipinski definition) is 8. The van der Waals surface area contributed by atoms with E-state index in [1.165, 1.54) is 0 Å². The average Bonchev–Trinajstić information content (AvgIpc) is 3.24. The highest BCUT2D eigenvalue weighted by atomic mass is 16.5. The summed E-state index contributed by atoms with van der Waals surface area (Å²) in [6.45, 7) is 11.6. The van der Waals surface area contributed by atoms with E-state index in [4.69, 9.17) is 19.4 Å². The molecule has 0 spiro atoms. The molecule has 1 saturated heterocycles. The Labute approximate surface area is 189 Å². The molecule has 1 fully saturated rings. The third kappa shape index (κ3) is 5.11. The summed E-state index contributed by atoms with van der Waals surface area (Å²) in [5.74, 6) is 2.41. The summed E-state index contributed by atoms with van der Waals surface area (Å²) in [7, 11) is 1.68. The second kappa shape index (κ2) is 10.1. The number of fused-ring (bicyclic) bond motifs is 1. The minimum absolute atomic E-state index is 0.0103. The fourth-order valence-electron chi connectivity index (χ4n) is 3.81. The zero-order valence-electron chi connectivity index (χ0n) is 19.3. The summed E-state index contributed by atoms with van der Waals surface area (Å²) in [6, 6.07) is 8.04. The summed E-state index contributed by atoms with van der Waals surface area (Å²) in [5, 5.41) is 11.5. The number of methoxy groups -OCH3 is 1. The van der Waals surface area contributed by atoms with Crippen molar-refractivity contribution >= 4 is 17.5 Å². The predicted molar refractivity (Wildman–Crippen MR) is 126 cm³/mol. The van der Waals surface area contributed by atoms with Gasteiger partial charge in [0, 0.05) is 31.7 Å². The topological polar surface area (TPSA) is 88.8 Å². The molecule has 172 valence electrons. The maximum absolute atomic E-state index is 5.43. The van der Waals surface area contributed by atoms with Crippen LogP contribution in [0.2, 0.25) is 0 Å². The summed E-state index contributed by atoms with van der Waals surface area (Å²) in [5.41, 5.74) is 3.03. The standard InChI is InChI=1S/C23H33N7O2/c1-16(2)20-15-25-30-21(20)27-22(24-8-9-29-10-12-32-13-11-29)28-23(30)26-17(3)18-6-5-7-19(14-18)31-4/h5-7,14-17H,8-13H2,1-4H3,(H2,24,26,27,28)/t17-/m0/s1. The van der Waals surface area contributed by atoms with E-state index in [1.807, 2.05) is 24.4 Å².